The summed E-state index contributed by atoms with van der Waals surface area (Å²) in [5.74, 6) is 1.53. The van der Waals surface area contributed by atoms with Crippen molar-refractivity contribution in [1.82, 2.24) is 30.1 Å². The van der Waals surface area contributed by atoms with E-state index in [-0.39, 0.29) is 6.04 Å². The van der Waals surface area contributed by atoms with Gasteiger partial charge in [0.05, 0.1) is 24.0 Å². The number of nitrogens with one attached hydrogen (secondary N) is 1. The minimum Gasteiger partial charge on any atom is -0.338 e. The molecule has 0 bridgehead atoms. The Morgan fingerprint density at radius 2 is 2.17 bits per heavy atom. The minimum absolute atomic E-state index is 0.189. The van der Waals surface area contributed by atoms with Gasteiger partial charge in [-0.15, -0.1) is 0 Å². The maximum absolute atomic E-state index is 5.40. The first kappa shape index (κ1) is 14.8. The fraction of sp³-hybridized carbons (Fsp3) is 0.688. The zero-order valence-corrected chi connectivity index (χ0v) is 13.8. The van der Waals surface area contributed by atoms with Gasteiger partial charge in [0, 0.05) is 38.2 Å². The molecule has 1 saturated heterocycles. The Hall–Kier alpha value is -1.73. The lowest BCUT2D eigenvalue weighted by Gasteiger charge is -2.35. The summed E-state index contributed by atoms with van der Waals surface area (Å²) in [6, 6.07) is 0.699. The highest BCUT2D eigenvalue weighted by Gasteiger charge is 2.29. The van der Waals surface area contributed by atoms with Gasteiger partial charge in [-0.2, -0.15) is 10.1 Å². The molecule has 0 amide bonds. The number of rotatable bonds is 4. The van der Waals surface area contributed by atoms with E-state index in [9.17, 15) is 0 Å². The van der Waals surface area contributed by atoms with Crippen LogP contribution in [0.4, 0.5) is 0 Å². The van der Waals surface area contributed by atoms with Gasteiger partial charge in [-0.1, -0.05) is 12.1 Å². The molecule has 0 saturated carbocycles. The summed E-state index contributed by atoms with van der Waals surface area (Å²) in [4.78, 5) is 6.91. The van der Waals surface area contributed by atoms with E-state index in [1.165, 1.54) is 11.3 Å². The van der Waals surface area contributed by atoms with Crippen molar-refractivity contribution in [2.24, 2.45) is 0 Å². The lowest BCUT2D eigenvalue weighted by Crippen LogP contribution is -2.37. The van der Waals surface area contributed by atoms with Crippen molar-refractivity contribution in [3.05, 3.63) is 29.2 Å². The van der Waals surface area contributed by atoms with E-state index >= 15 is 0 Å². The third kappa shape index (κ3) is 2.68. The van der Waals surface area contributed by atoms with Crippen LogP contribution in [0.15, 0.2) is 10.7 Å². The summed E-state index contributed by atoms with van der Waals surface area (Å²) < 4.78 is 7.65. The molecule has 23 heavy (non-hydrogen) atoms. The average Bonchev–Trinajstić information content (AvgIpc) is 3.30. The van der Waals surface area contributed by atoms with Crippen LogP contribution in [0.25, 0.3) is 0 Å². The molecular weight excluding hydrogens is 292 g/mol. The molecule has 1 unspecified atom stereocenters. The summed E-state index contributed by atoms with van der Waals surface area (Å²) in [6.45, 7) is 8.19. The van der Waals surface area contributed by atoms with E-state index in [4.69, 9.17) is 4.52 Å². The highest BCUT2D eigenvalue weighted by Crippen LogP contribution is 2.30. The summed E-state index contributed by atoms with van der Waals surface area (Å²) in [5, 5.41) is 12.0. The second-order valence-electron chi connectivity index (χ2n) is 6.51. The standard InChI is InChI=1S/C16H24N6O/c1-3-15-19-16(23-20-15)11(2)21-6-4-13(5-7-21)22-14-10-17-8-12(14)9-18-22/h9,11,13,17H,3-8,10H2,1-2H3. The summed E-state index contributed by atoms with van der Waals surface area (Å²) in [7, 11) is 0. The third-order valence-electron chi connectivity index (χ3n) is 5.14. The lowest BCUT2D eigenvalue weighted by molar-refractivity contribution is 0.117. The van der Waals surface area contributed by atoms with Crippen LogP contribution in [0.3, 0.4) is 0 Å². The van der Waals surface area contributed by atoms with Gasteiger partial charge in [0.15, 0.2) is 5.82 Å². The molecule has 124 valence electrons. The Balaban J connectivity index is 1.40. The second-order valence-corrected chi connectivity index (χ2v) is 6.51. The Bertz CT molecular complexity index is 670. The molecule has 1 N–H and O–H groups in total. The van der Waals surface area contributed by atoms with Crippen LogP contribution >= 0.6 is 0 Å². The molecule has 2 aliphatic heterocycles. The Morgan fingerprint density at radius 3 is 2.91 bits per heavy atom. The molecule has 4 rings (SSSR count). The first-order valence-corrected chi connectivity index (χ1v) is 8.58. The zero-order chi connectivity index (χ0) is 15.8. The number of hydrogen-bond acceptors (Lipinski definition) is 6. The van der Waals surface area contributed by atoms with Crippen LogP contribution in [-0.4, -0.2) is 37.9 Å². The van der Waals surface area contributed by atoms with Crippen molar-refractivity contribution in [2.45, 2.75) is 58.3 Å². The lowest BCUT2D eigenvalue weighted by atomic mass is 10.0. The van der Waals surface area contributed by atoms with E-state index in [1.54, 1.807) is 0 Å². The molecule has 0 aliphatic carbocycles. The molecule has 1 atom stereocenters. The highest BCUT2D eigenvalue weighted by atomic mass is 16.5. The zero-order valence-electron chi connectivity index (χ0n) is 13.8. The number of aryl methyl sites for hydroxylation is 1. The van der Waals surface area contributed by atoms with Gasteiger partial charge < -0.3 is 9.84 Å². The largest absolute Gasteiger partial charge is 0.338 e. The van der Waals surface area contributed by atoms with Gasteiger partial charge in [0.25, 0.3) is 0 Å². The average molecular weight is 316 g/mol. The van der Waals surface area contributed by atoms with E-state index in [2.05, 4.69) is 37.1 Å². The Labute approximate surface area is 136 Å². The van der Waals surface area contributed by atoms with E-state index in [1.807, 2.05) is 13.1 Å². The molecule has 2 aromatic rings. The number of likely N-dealkylation sites (tertiary alicyclic amines) is 1. The van der Waals surface area contributed by atoms with Crippen molar-refractivity contribution in [1.29, 1.82) is 0 Å². The topological polar surface area (TPSA) is 72.0 Å². The molecule has 7 nitrogen and oxygen atoms in total. The monoisotopic (exact) mass is 316 g/mol. The second kappa shape index (κ2) is 6.05. The van der Waals surface area contributed by atoms with Crippen LogP contribution in [0.5, 0.6) is 0 Å². The van der Waals surface area contributed by atoms with Crippen molar-refractivity contribution in [2.75, 3.05) is 13.1 Å². The van der Waals surface area contributed by atoms with Crippen molar-refractivity contribution < 1.29 is 4.52 Å². The van der Waals surface area contributed by atoms with Gasteiger partial charge in [-0.25, -0.2) is 0 Å². The predicted octanol–water partition coefficient (Wildman–Crippen LogP) is 1.83. The molecule has 2 aromatic heterocycles. The molecule has 7 heteroatoms. The first-order chi connectivity index (χ1) is 11.3. The molecular formula is C16H24N6O. The fourth-order valence-corrected chi connectivity index (χ4v) is 3.65. The maximum Gasteiger partial charge on any atom is 0.243 e. The van der Waals surface area contributed by atoms with Crippen LogP contribution in [0.2, 0.25) is 0 Å². The smallest absolute Gasteiger partial charge is 0.243 e. The number of aromatic nitrogens is 4. The van der Waals surface area contributed by atoms with E-state index in [0.717, 1.165) is 57.2 Å². The number of piperidine rings is 1. The van der Waals surface area contributed by atoms with Crippen LogP contribution in [0, 0.1) is 0 Å². The molecule has 0 radical (unpaired) electrons. The molecule has 0 spiro atoms. The predicted molar refractivity (Wildman–Crippen MR) is 84.7 cm³/mol. The van der Waals surface area contributed by atoms with Crippen LogP contribution in [-0.2, 0) is 19.5 Å². The SMILES string of the molecule is CCc1noc(C(C)N2CCC(n3ncc4c3CNC4)CC2)n1. The van der Waals surface area contributed by atoms with Gasteiger partial charge in [-0.05, 0) is 19.8 Å². The van der Waals surface area contributed by atoms with E-state index < -0.39 is 0 Å². The van der Waals surface area contributed by atoms with E-state index in [0.29, 0.717) is 6.04 Å². The van der Waals surface area contributed by atoms with Gasteiger partial charge in [0.2, 0.25) is 5.89 Å². The molecule has 0 aromatic carbocycles. The van der Waals surface area contributed by atoms with Crippen molar-refractivity contribution in [3.63, 3.8) is 0 Å². The van der Waals surface area contributed by atoms with Gasteiger partial charge in [0.1, 0.15) is 0 Å². The summed E-state index contributed by atoms with van der Waals surface area (Å²) in [5.41, 5.74) is 2.74. The van der Waals surface area contributed by atoms with Crippen LogP contribution < -0.4 is 5.32 Å². The Kier molecular flexibility index (Phi) is 3.90. The van der Waals surface area contributed by atoms with Crippen LogP contribution in [0.1, 0.15) is 61.7 Å². The fourth-order valence-electron chi connectivity index (χ4n) is 3.65. The number of hydrogen-bond donors (Lipinski definition) is 1. The summed E-state index contributed by atoms with van der Waals surface area (Å²) >= 11 is 0. The minimum atomic E-state index is 0.189. The third-order valence-corrected chi connectivity index (χ3v) is 5.14. The van der Waals surface area contributed by atoms with Crippen molar-refractivity contribution >= 4 is 0 Å². The first-order valence-electron chi connectivity index (χ1n) is 8.58. The summed E-state index contributed by atoms with van der Waals surface area (Å²) in [6.07, 6.45) is 5.08. The molecule has 4 heterocycles. The Morgan fingerprint density at radius 1 is 1.35 bits per heavy atom. The molecule has 1 fully saturated rings. The van der Waals surface area contributed by atoms with Gasteiger partial charge >= 0.3 is 0 Å². The molecule has 2 aliphatic rings. The normalized spacial score (nSPS) is 20.8. The number of nitrogens with zero attached hydrogens (tertiary/aromatic N) is 5. The number of fused-ring (bicyclic) bond motifs is 1. The van der Waals surface area contributed by atoms with Gasteiger partial charge in [-0.3, -0.25) is 9.58 Å². The quantitative estimate of drug-likeness (QED) is 0.928. The van der Waals surface area contributed by atoms with Crippen molar-refractivity contribution in [3.8, 4) is 0 Å². The highest BCUT2D eigenvalue weighted by molar-refractivity contribution is 5.22. The maximum atomic E-state index is 5.40.